The third-order valence-electron chi connectivity index (χ3n) is 2.86. The first-order valence-corrected chi connectivity index (χ1v) is 5.90. The zero-order chi connectivity index (χ0) is 14.0. The van der Waals surface area contributed by atoms with E-state index in [4.69, 9.17) is 9.84 Å². The lowest BCUT2D eigenvalue weighted by atomic mass is 9.84. The van der Waals surface area contributed by atoms with Crippen LogP contribution in [0.25, 0.3) is 0 Å². The molecule has 102 valence electrons. The molecule has 0 aliphatic carbocycles. The summed E-state index contributed by atoms with van der Waals surface area (Å²) in [7, 11) is 1.52. The number of hydrogen-bond donors (Lipinski definition) is 1. The van der Waals surface area contributed by atoms with E-state index < -0.39 is 19.0 Å². The molecule has 0 heterocycles. The van der Waals surface area contributed by atoms with E-state index >= 15 is 0 Å². The van der Waals surface area contributed by atoms with Gasteiger partial charge in [-0.3, -0.25) is 0 Å². The van der Waals surface area contributed by atoms with Crippen molar-refractivity contribution in [3.8, 4) is 5.75 Å². The van der Waals surface area contributed by atoms with Crippen LogP contribution in [0.1, 0.15) is 38.3 Å². The normalized spacial score (nSPS) is 12.6. The van der Waals surface area contributed by atoms with Gasteiger partial charge in [-0.05, 0) is 29.2 Å². The smallest absolute Gasteiger partial charge is 0.275 e. The van der Waals surface area contributed by atoms with Crippen LogP contribution in [0.15, 0.2) is 18.2 Å². The summed E-state index contributed by atoms with van der Waals surface area (Å²) in [5, 5.41) is 8.69. The topological polar surface area (TPSA) is 29.5 Å². The molecule has 18 heavy (non-hydrogen) atoms. The molecular weight excluding hydrogens is 238 g/mol. The van der Waals surface area contributed by atoms with E-state index in [9.17, 15) is 8.78 Å². The third kappa shape index (κ3) is 3.19. The molecule has 0 aromatic heterocycles. The minimum atomic E-state index is -3.01. The van der Waals surface area contributed by atoms with E-state index in [1.807, 2.05) is 20.8 Å². The Morgan fingerprint density at radius 1 is 1.22 bits per heavy atom. The zero-order valence-corrected chi connectivity index (χ0v) is 11.3. The van der Waals surface area contributed by atoms with Gasteiger partial charge >= 0.3 is 0 Å². The van der Waals surface area contributed by atoms with Crippen molar-refractivity contribution in [2.24, 2.45) is 0 Å². The maximum Gasteiger partial charge on any atom is 0.275 e. The van der Waals surface area contributed by atoms with Crippen molar-refractivity contribution >= 4 is 0 Å². The van der Waals surface area contributed by atoms with Gasteiger partial charge in [0, 0.05) is 18.6 Å². The molecule has 0 aliphatic heterocycles. The summed E-state index contributed by atoms with van der Waals surface area (Å²) >= 11 is 0. The van der Waals surface area contributed by atoms with E-state index in [0.717, 1.165) is 5.56 Å². The molecule has 4 heteroatoms. The fourth-order valence-electron chi connectivity index (χ4n) is 1.81. The highest BCUT2D eigenvalue weighted by atomic mass is 19.3. The van der Waals surface area contributed by atoms with Crippen LogP contribution in [0.3, 0.4) is 0 Å². The van der Waals surface area contributed by atoms with Gasteiger partial charge in [0.2, 0.25) is 0 Å². The Labute approximate surface area is 107 Å². The van der Waals surface area contributed by atoms with Crippen LogP contribution in [-0.2, 0) is 11.3 Å². The van der Waals surface area contributed by atoms with Gasteiger partial charge in [-0.25, -0.2) is 8.78 Å². The monoisotopic (exact) mass is 258 g/mol. The second-order valence-electron chi connectivity index (χ2n) is 5.34. The van der Waals surface area contributed by atoms with E-state index in [2.05, 4.69) is 0 Å². The van der Waals surface area contributed by atoms with Crippen molar-refractivity contribution in [3.63, 3.8) is 0 Å². The van der Waals surface area contributed by atoms with Gasteiger partial charge < -0.3 is 9.84 Å². The Kier molecular flexibility index (Phi) is 4.32. The standard InChI is InChI=1S/C14H20F2O2/c1-13(2,3)11-9-10(5-6-12(11)18-4)14(15,16)7-8-17/h5-6,9,17H,7-8H2,1-4H3. The third-order valence-corrected chi connectivity index (χ3v) is 2.86. The second-order valence-corrected chi connectivity index (χ2v) is 5.34. The van der Waals surface area contributed by atoms with Crippen molar-refractivity contribution in [1.82, 2.24) is 0 Å². The van der Waals surface area contributed by atoms with Crippen LogP contribution in [0.4, 0.5) is 8.78 Å². The Morgan fingerprint density at radius 2 is 1.83 bits per heavy atom. The molecule has 1 N–H and O–H groups in total. The molecule has 0 spiro atoms. The lowest BCUT2D eigenvalue weighted by Gasteiger charge is -2.25. The fraction of sp³-hybridized carbons (Fsp3) is 0.571. The Hall–Kier alpha value is -1.16. The Morgan fingerprint density at radius 3 is 2.28 bits per heavy atom. The minimum absolute atomic E-state index is 0.0812. The quantitative estimate of drug-likeness (QED) is 0.896. The largest absolute Gasteiger partial charge is 0.496 e. The van der Waals surface area contributed by atoms with Gasteiger partial charge in [0.25, 0.3) is 5.92 Å². The maximum absolute atomic E-state index is 13.8. The van der Waals surface area contributed by atoms with Crippen molar-refractivity contribution in [1.29, 1.82) is 0 Å². The highest BCUT2D eigenvalue weighted by molar-refractivity contribution is 5.42. The highest BCUT2D eigenvalue weighted by Crippen LogP contribution is 2.38. The number of hydrogen-bond acceptors (Lipinski definition) is 2. The van der Waals surface area contributed by atoms with Gasteiger partial charge in [-0.1, -0.05) is 20.8 Å². The fourth-order valence-corrected chi connectivity index (χ4v) is 1.81. The summed E-state index contributed by atoms with van der Waals surface area (Å²) in [6.45, 7) is 5.29. The number of aliphatic hydroxyl groups is 1. The number of halogens is 2. The molecule has 0 saturated carbocycles. The van der Waals surface area contributed by atoms with Gasteiger partial charge in [-0.2, -0.15) is 0 Å². The first kappa shape index (κ1) is 14.9. The molecule has 2 nitrogen and oxygen atoms in total. The predicted molar refractivity (Wildman–Crippen MR) is 67.3 cm³/mol. The number of rotatable bonds is 4. The summed E-state index contributed by atoms with van der Waals surface area (Å²) in [4.78, 5) is 0. The van der Waals surface area contributed by atoms with Crippen molar-refractivity contribution < 1.29 is 18.6 Å². The molecule has 0 unspecified atom stereocenters. The number of alkyl halides is 2. The van der Waals surface area contributed by atoms with Gasteiger partial charge in [0.05, 0.1) is 7.11 Å². The first-order valence-electron chi connectivity index (χ1n) is 5.90. The van der Waals surface area contributed by atoms with Crippen LogP contribution >= 0.6 is 0 Å². The molecule has 0 saturated heterocycles. The van der Waals surface area contributed by atoms with Crippen LogP contribution in [-0.4, -0.2) is 18.8 Å². The number of methoxy groups -OCH3 is 1. The molecule has 0 atom stereocenters. The highest BCUT2D eigenvalue weighted by Gasteiger charge is 2.32. The minimum Gasteiger partial charge on any atom is -0.496 e. The summed E-state index contributed by atoms with van der Waals surface area (Å²) in [5.41, 5.74) is 0.374. The SMILES string of the molecule is COc1ccc(C(F)(F)CCO)cc1C(C)(C)C. The van der Waals surface area contributed by atoms with Crippen LogP contribution < -0.4 is 4.74 Å². The lowest BCUT2D eigenvalue weighted by Crippen LogP contribution is -2.19. The number of ether oxygens (including phenoxy) is 1. The van der Waals surface area contributed by atoms with E-state index in [0.29, 0.717) is 5.75 Å². The molecule has 0 aliphatic rings. The summed E-state index contributed by atoms with van der Waals surface area (Å²) in [6, 6.07) is 4.37. The molecule has 1 rings (SSSR count). The van der Waals surface area contributed by atoms with Gasteiger partial charge in [0.1, 0.15) is 5.75 Å². The predicted octanol–water partition coefficient (Wildman–Crippen LogP) is 3.47. The van der Waals surface area contributed by atoms with Crippen molar-refractivity contribution in [3.05, 3.63) is 29.3 Å². The Balaban J connectivity index is 3.27. The average molecular weight is 258 g/mol. The molecule has 0 bridgehead atoms. The second kappa shape index (κ2) is 5.22. The maximum atomic E-state index is 13.8. The van der Waals surface area contributed by atoms with Crippen molar-refractivity contribution in [2.45, 2.75) is 38.5 Å². The average Bonchev–Trinajstić information content (AvgIpc) is 2.27. The molecule has 0 fully saturated rings. The summed E-state index contributed by atoms with van der Waals surface area (Å²) in [5.74, 6) is -2.41. The van der Waals surface area contributed by atoms with Crippen LogP contribution in [0.2, 0.25) is 0 Å². The van der Waals surface area contributed by atoms with Crippen molar-refractivity contribution in [2.75, 3.05) is 13.7 Å². The van der Waals surface area contributed by atoms with Crippen LogP contribution in [0.5, 0.6) is 5.75 Å². The molecular formula is C14H20F2O2. The molecule has 0 amide bonds. The van der Waals surface area contributed by atoms with E-state index in [1.165, 1.54) is 19.2 Å². The number of benzene rings is 1. The summed E-state index contributed by atoms with van der Waals surface area (Å²) < 4.78 is 32.7. The van der Waals surface area contributed by atoms with Gasteiger partial charge in [-0.15, -0.1) is 0 Å². The molecule has 1 aromatic carbocycles. The first-order chi connectivity index (χ1) is 8.22. The Bertz CT molecular complexity index is 409. The summed E-state index contributed by atoms with van der Waals surface area (Å²) in [6.07, 6.45) is -0.567. The molecule has 1 aromatic rings. The van der Waals surface area contributed by atoms with Crippen LogP contribution in [0, 0.1) is 0 Å². The zero-order valence-electron chi connectivity index (χ0n) is 11.3. The lowest BCUT2D eigenvalue weighted by molar-refractivity contribution is -0.0270. The molecule has 0 radical (unpaired) electrons. The van der Waals surface area contributed by atoms with E-state index in [1.54, 1.807) is 6.07 Å². The number of aliphatic hydroxyl groups excluding tert-OH is 1. The van der Waals surface area contributed by atoms with Gasteiger partial charge in [0.15, 0.2) is 0 Å². The van der Waals surface area contributed by atoms with E-state index in [-0.39, 0.29) is 11.0 Å².